The van der Waals surface area contributed by atoms with E-state index in [1.165, 1.54) is 66.7 Å². The van der Waals surface area contributed by atoms with Crippen molar-refractivity contribution in [1.29, 1.82) is 0 Å². The molecule has 1 aliphatic rings. The number of nitrogens with zero attached hydrogens (tertiary/aromatic N) is 12. The van der Waals surface area contributed by atoms with Crippen LogP contribution in [-0.2, 0) is 0 Å². The molecular weight excluding hydrogens is 1770 g/mol. The fourth-order valence-corrected chi connectivity index (χ4v) is 16.2. The average molecular weight is 1850 g/mol. The Balaban J connectivity index is 0.000000122. The Morgan fingerprint density at radius 2 is 0.642 bits per heavy atom. The number of carbonyl (C=O) groups excluding carboxylic acids is 4. The van der Waals surface area contributed by atoms with Gasteiger partial charge < -0.3 is 21.3 Å². The Morgan fingerprint density at radius 1 is 0.299 bits per heavy atom. The summed E-state index contributed by atoms with van der Waals surface area (Å²) in [5.41, 5.74) is 18.3. The molecule has 137 heavy (non-hydrogen) atoms. The van der Waals surface area contributed by atoms with Crippen LogP contribution in [0.2, 0.25) is 5.02 Å². The molecule has 1 fully saturated rings. The van der Waals surface area contributed by atoms with E-state index in [9.17, 15) is 54.3 Å². The summed E-state index contributed by atoms with van der Waals surface area (Å²) in [6.45, 7) is 9.19. The van der Waals surface area contributed by atoms with Crippen LogP contribution < -0.4 is 21.3 Å². The number of hydrogen-bond acceptors (Lipinski definition) is 12. The molecule has 20 aromatic rings. The van der Waals surface area contributed by atoms with E-state index in [1.54, 1.807) is 151 Å². The van der Waals surface area contributed by atoms with Crippen molar-refractivity contribution in [3.63, 3.8) is 0 Å². The molecule has 1 saturated carbocycles. The lowest BCUT2D eigenvalue weighted by atomic mass is 9.96. The van der Waals surface area contributed by atoms with Gasteiger partial charge in [-0.25, -0.2) is 60.0 Å². The molecule has 4 amide bonds. The Labute approximate surface area is 782 Å². The van der Waals surface area contributed by atoms with Crippen molar-refractivity contribution in [2.75, 3.05) is 21.3 Å². The highest BCUT2D eigenvalue weighted by atomic mass is 35.5. The van der Waals surface area contributed by atoms with Crippen molar-refractivity contribution < 1.29 is 54.3 Å². The first-order valence-electron chi connectivity index (χ1n) is 43.1. The molecule has 0 bridgehead atoms. The first kappa shape index (κ1) is 90.3. The maximum absolute atomic E-state index is 14.5. The van der Waals surface area contributed by atoms with Gasteiger partial charge >= 0.3 is 0 Å². The molecule has 0 saturated heterocycles. The molecule has 12 heterocycles. The van der Waals surface area contributed by atoms with E-state index in [0.717, 1.165) is 92.3 Å². The SMILES string of the molecule is Cc1ccc(NC(=O)c2cc(-c3cccn4c(-c5cccc(F)c5F)ncc34)ccc2C2CC2)cc1.Cc1ccc(NC(=O)c2cc(-c3cccn4c(-c5cccc(F)c5F)ncc34)cnc2C)nc1.Cc1ncc(-c2cccn3c(-c4cccc(F)c4Cl)ncc23)cc1C(=O)Nc1ccc(F)cc1.Cc1ncc(-c2cccn3c(-c4cccc(F)c4F)ncc23)cc1C(=O)Nc1ccccc1. The maximum atomic E-state index is 14.5. The second-order valence-electron chi connectivity index (χ2n) is 32.4. The lowest BCUT2D eigenvalue weighted by Crippen LogP contribution is -2.15. The predicted octanol–water partition coefficient (Wildman–Crippen LogP) is 25.4. The van der Waals surface area contributed by atoms with Crippen molar-refractivity contribution in [3.8, 4) is 90.1 Å². The average Bonchev–Trinajstić information content (AvgIpc) is 1.63. The van der Waals surface area contributed by atoms with Gasteiger partial charge in [0.2, 0.25) is 0 Å². The normalized spacial score (nSPS) is 11.6. The number of carbonyl (C=O) groups is 4. The fraction of sp³-hybridized carbons (Fsp3) is 0.0741. The van der Waals surface area contributed by atoms with Crippen LogP contribution in [0.1, 0.15) is 94.0 Å². The molecule has 0 atom stereocenters. The molecule has 4 N–H and O–H groups in total. The summed E-state index contributed by atoms with van der Waals surface area (Å²) in [5.74, 6) is -5.42. The molecule has 0 spiro atoms. The number of pyridine rings is 8. The van der Waals surface area contributed by atoms with E-state index in [2.05, 4.69) is 61.1 Å². The van der Waals surface area contributed by atoms with E-state index in [0.29, 0.717) is 107 Å². The summed E-state index contributed by atoms with van der Waals surface area (Å²) in [4.78, 5) is 87.1. The second kappa shape index (κ2) is 38.9. The molecule has 676 valence electrons. The van der Waals surface area contributed by atoms with E-state index in [-0.39, 0.29) is 62.8 Å². The Kier molecular flexibility index (Phi) is 25.6. The number of benzene rings is 8. The molecule has 20 nitrogen and oxygen atoms in total. The molecule has 29 heteroatoms. The number of rotatable bonds is 17. The smallest absolute Gasteiger partial charge is 0.258 e. The van der Waals surface area contributed by atoms with E-state index >= 15 is 0 Å². The van der Waals surface area contributed by atoms with Gasteiger partial charge in [0.25, 0.3) is 23.6 Å². The molecule has 0 unspecified atom stereocenters. The lowest BCUT2D eigenvalue weighted by Gasteiger charge is -2.13. The lowest BCUT2D eigenvalue weighted by molar-refractivity contribution is 0.101. The van der Waals surface area contributed by atoms with Gasteiger partial charge in [-0.3, -0.25) is 51.7 Å². The van der Waals surface area contributed by atoms with E-state index in [1.807, 2.05) is 140 Å². The van der Waals surface area contributed by atoms with E-state index in [4.69, 9.17) is 11.6 Å². The minimum atomic E-state index is -0.957. The number of aromatic nitrogens is 12. The molecule has 21 rings (SSSR count). The second-order valence-corrected chi connectivity index (χ2v) is 32.7. The Bertz CT molecular complexity index is 7860. The van der Waals surface area contributed by atoms with Gasteiger partial charge in [0.1, 0.15) is 40.7 Å². The number of imidazole rings is 4. The van der Waals surface area contributed by atoms with Crippen LogP contribution in [-0.4, -0.2) is 81.1 Å². The summed E-state index contributed by atoms with van der Waals surface area (Å²) in [6, 6.07) is 68.7. The number of anilines is 4. The van der Waals surface area contributed by atoms with Gasteiger partial charge in [0, 0.05) is 117 Å². The van der Waals surface area contributed by atoms with Crippen LogP contribution in [0.4, 0.5) is 58.0 Å². The minimum absolute atomic E-state index is 0.00263. The summed E-state index contributed by atoms with van der Waals surface area (Å²) >= 11 is 6.19. The van der Waals surface area contributed by atoms with Crippen molar-refractivity contribution in [2.45, 2.75) is 53.4 Å². The van der Waals surface area contributed by atoms with Crippen molar-refractivity contribution >= 4 is 80.2 Å². The first-order chi connectivity index (χ1) is 66.4. The first-order valence-corrected chi connectivity index (χ1v) is 43.5. The number of halogens is 9. The molecule has 8 aromatic carbocycles. The zero-order valence-corrected chi connectivity index (χ0v) is 74.2. The molecule has 1 aliphatic carbocycles. The standard InChI is InChI=1S/C30H23F2N3O.C26H17ClF2N4O.C26H19F2N5O.C26H18F2N4O/c1-18-7-12-21(13-8-18)34-30(36)25-16-20(11-14-22(25)19-9-10-19)23-5-3-15-35-27(23)17-33-29(35)24-4-2-6-26(31)28(24)32;1-15-21(26(34)32-18-9-7-17(28)8-10-18)12-16(13-30-15)19-5-3-11-33-23(19)14-31-25(33)20-4-2-6-22(29)24(20)27;1-15-8-9-23(30-12-15)32-26(34)20-11-17(13-29-16(20)2)18-6-4-10-33-22(18)14-31-25(33)19-5-3-7-21(27)24(19)28;1-16-21(26(33)31-18-7-3-2-4-8-18)13-17(14-29-16)19-10-6-12-32-23(19)15-30-25(32)20-9-5-11-22(27)24(20)28/h2-8,11-17,19H,9-10H2,1H3,(H,34,36);2-14H,1H3,(H,32,34);3-14H,1-2H3,(H,30,32,34);2-15H,1H3,(H,31,33). The van der Waals surface area contributed by atoms with Crippen LogP contribution in [0.25, 0.3) is 112 Å². The zero-order chi connectivity index (χ0) is 95.4. The predicted molar refractivity (Wildman–Crippen MR) is 513 cm³/mol. The maximum Gasteiger partial charge on any atom is 0.258 e. The van der Waals surface area contributed by atoms with Gasteiger partial charge in [-0.15, -0.1) is 0 Å². The van der Waals surface area contributed by atoms with Crippen molar-refractivity contribution in [1.82, 2.24) is 57.5 Å². The van der Waals surface area contributed by atoms with E-state index < -0.39 is 40.7 Å². The summed E-state index contributed by atoms with van der Waals surface area (Å²) < 4.78 is 119. The largest absolute Gasteiger partial charge is 0.322 e. The number of fused-ring (bicyclic) bond motifs is 4. The van der Waals surface area contributed by atoms with Crippen molar-refractivity contribution in [3.05, 3.63) is 431 Å². The number of nitrogens with one attached hydrogen (secondary N) is 4. The third kappa shape index (κ3) is 19.0. The monoisotopic (exact) mass is 1850 g/mol. The fourth-order valence-electron chi connectivity index (χ4n) is 16.0. The number of para-hydroxylation sites is 1. The third-order valence-corrected chi connectivity index (χ3v) is 23.6. The summed E-state index contributed by atoms with van der Waals surface area (Å²) in [7, 11) is 0. The van der Waals surface area contributed by atoms with Crippen LogP contribution in [0.5, 0.6) is 0 Å². The molecule has 12 aromatic heterocycles. The van der Waals surface area contributed by atoms with Crippen LogP contribution in [0.15, 0.2) is 323 Å². The van der Waals surface area contributed by atoms with Crippen LogP contribution in [0.3, 0.4) is 0 Å². The highest BCUT2D eigenvalue weighted by molar-refractivity contribution is 6.33. The topological polar surface area (TPSA) is 237 Å². The Morgan fingerprint density at radius 3 is 1.04 bits per heavy atom. The van der Waals surface area contributed by atoms with Crippen molar-refractivity contribution in [2.24, 2.45) is 0 Å². The summed E-state index contributed by atoms with van der Waals surface area (Å²) in [6.07, 6.45) is 22.4. The van der Waals surface area contributed by atoms with Gasteiger partial charge in [0.15, 0.2) is 34.9 Å². The highest BCUT2D eigenvalue weighted by Gasteiger charge is 2.30. The quantitative estimate of drug-likeness (QED) is 0.0623. The Hall–Kier alpha value is -17.3. The molecular formula is C108H77ClF8N16O4. The zero-order valence-electron chi connectivity index (χ0n) is 73.5. The number of aryl methyl sites for hydroxylation is 5. The van der Waals surface area contributed by atoms with Crippen LogP contribution in [0, 0.1) is 81.2 Å². The van der Waals surface area contributed by atoms with Gasteiger partial charge in [-0.05, 0) is 222 Å². The molecule has 0 aliphatic heterocycles. The van der Waals surface area contributed by atoms with Gasteiger partial charge in [-0.2, -0.15) is 0 Å². The van der Waals surface area contributed by atoms with Gasteiger partial charge in [0.05, 0.1) is 102 Å². The van der Waals surface area contributed by atoms with Crippen LogP contribution >= 0.6 is 11.6 Å². The summed E-state index contributed by atoms with van der Waals surface area (Å²) in [5, 5.41) is 11.5. The minimum Gasteiger partial charge on any atom is -0.322 e. The third-order valence-electron chi connectivity index (χ3n) is 23.2. The highest BCUT2D eigenvalue weighted by Crippen LogP contribution is 2.44. The van der Waals surface area contributed by atoms with Gasteiger partial charge in [-0.1, -0.05) is 114 Å². The number of amides is 4. The number of hydrogen-bond donors (Lipinski definition) is 4. The molecule has 0 radical (unpaired) electrons.